The zero-order valence-electron chi connectivity index (χ0n) is 12.1. The van der Waals surface area contributed by atoms with Crippen LogP contribution < -0.4 is 10.5 Å². The summed E-state index contributed by atoms with van der Waals surface area (Å²) in [7, 11) is 0. The number of hydrogen-bond donors (Lipinski definition) is 1. The molecule has 0 spiro atoms. The molecule has 2 aromatic rings. The number of halogens is 2. The lowest BCUT2D eigenvalue weighted by Crippen LogP contribution is -2.18. The summed E-state index contributed by atoms with van der Waals surface area (Å²) in [5.41, 5.74) is 7.87. The molecule has 1 unspecified atom stereocenters. The first kappa shape index (κ1) is 15.4. The average Bonchev–Trinajstić information content (AvgIpc) is 2.37. The highest BCUT2D eigenvalue weighted by Gasteiger charge is 2.13. The number of hydrogen-bond acceptors (Lipinski definition) is 3. The van der Waals surface area contributed by atoms with Crippen molar-refractivity contribution in [1.82, 2.24) is 4.98 Å². The fraction of sp³-hybridized carbons (Fsp3) is 0.312. The zero-order valence-corrected chi connectivity index (χ0v) is 12.1. The maximum absolute atomic E-state index is 13.9. The van der Waals surface area contributed by atoms with Crippen molar-refractivity contribution in [3.8, 4) is 5.75 Å². The molecule has 1 atom stereocenters. The Morgan fingerprint density at radius 3 is 2.38 bits per heavy atom. The Labute approximate surface area is 122 Å². The van der Waals surface area contributed by atoms with Crippen LogP contribution in [0.15, 0.2) is 30.6 Å². The van der Waals surface area contributed by atoms with E-state index in [9.17, 15) is 8.78 Å². The Bertz CT molecular complexity index is 606. The normalized spacial score (nSPS) is 12.2. The molecule has 0 aliphatic carbocycles. The molecule has 112 valence electrons. The number of aryl methyl sites for hydroxylation is 1. The second-order valence-electron chi connectivity index (χ2n) is 5.23. The molecule has 3 nitrogen and oxygen atoms in total. The predicted octanol–water partition coefficient (Wildman–Crippen LogP) is 3.14. The van der Waals surface area contributed by atoms with E-state index in [0.717, 1.165) is 11.1 Å². The van der Waals surface area contributed by atoms with Crippen molar-refractivity contribution < 1.29 is 13.5 Å². The van der Waals surface area contributed by atoms with Crippen LogP contribution in [0.3, 0.4) is 0 Å². The van der Waals surface area contributed by atoms with Crippen LogP contribution in [0.2, 0.25) is 0 Å². The molecule has 0 fully saturated rings. The molecule has 2 N–H and O–H groups in total. The molecule has 0 aliphatic rings. The first-order chi connectivity index (χ1) is 9.95. The summed E-state index contributed by atoms with van der Waals surface area (Å²) in [6.45, 7) is 3.74. The van der Waals surface area contributed by atoms with Crippen LogP contribution in [0.25, 0.3) is 0 Å². The minimum absolute atomic E-state index is 0.0646. The van der Waals surface area contributed by atoms with E-state index in [1.807, 2.05) is 13.0 Å². The van der Waals surface area contributed by atoms with Crippen LogP contribution in [0.4, 0.5) is 8.78 Å². The van der Waals surface area contributed by atoms with E-state index in [1.165, 1.54) is 12.1 Å². The average molecular weight is 292 g/mol. The third kappa shape index (κ3) is 4.23. The van der Waals surface area contributed by atoms with Gasteiger partial charge in [0.25, 0.3) is 0 Å². The fourth-order valence-electron chi connectivity index (χ4n) is 2.09. The van der Waals surface area contributed by atoms with Gasteiger partial charge in [-0.25, -0.2) is 8.78 Å². The van der Waals surface area contributed by atoms with Gasteiger partial charge in [0.15, 0.2) is 17.4 Å². The number of ether oxygens (including phenoxy) is 1. The van der Waals surface area contributed by atoms with E-state index < -0.39 is 11.6 Å². The van der Waals surface area contributed by atoms with Crippen LogP contribution in [-0.4, -0.2) is 11.0 Å². The molecule has 0 saturated carbocycles. The van der Waals surface area contributed by atoms with Gasteiger partial charge in [0.2, 0.25) is 0 Å². The molecule has 0 saturated heterocycles. The highest BCUT2D eigenvalue weighted by atomic mass is 19.1. The molecule has 2 rings (SSSR count). The Hall–Kier alpha value is -2.01. The third-order valence-corrected chi connectivity index (χ3v) is 2.93. The van der Waals surface area contributed by atoms with Crippen LogP contribution in [0, 0.1) is 18.6 Å². The highest BCUT2D eigenvalue weighted by Crippen LogP contribution is 2.25. The van der Waals surface area contributed by atoms with Crippen LogP contribution in [-0.2, 0) is 13.0 Å². The molecule has 21 heavy (non-hydrogen) atoms. The lowest BCUT2D eigenvalue weighted by Gasteiger charge is -2.11. The fourth-order valence-corrected chi connectivity index (χ4v) is 2.09. The summed E-state index contributed by atoms with van der Waals surface area (Å²) in [6, 6.07) is 4.22. The van der Waals surface area contributed by atoms with Crippen molar-refractivity contribution in [3.05, 3.63) is 58.9 Å². The number of nitrogens with two attached hydrogens (primary N) is 1. The van der Waals surface area contributed by atoms with Crippen LogP contribution >= 0.6 is 0 Å². The number of nitrogens with zero attached hydrogens (tertiary/aromatic N) is 1. The number of aromatic nitrogens is 1. The molecule has 0 radical (unpaired) electrons. The standard InChI is InChI=1S/C16H18F2N2O/c1-10-3-13(8-20-7-10)9-21-16-14(17)5-12(4-11(2)19)6-15(16)18/h3,5-8,11H,4,9,19H2,1-2H3. The third-order valence-electron chi connectivity index (χ3n) is 2.93. The molecular weight excluding hydrogens is 274 g/mol. The van der Waals surface area contributed by atoms with Gasteiger partial charge in [-0.2, -0.15) is 0 Å². The summed E-state index contributed by atoms with van der Waals surface area (Å²) in [4.78, 5) is 4.01. The van der Waals surface area contributed by atoms with Gasteiger partial charge in [-0.3, -0.25) is 4.98 Å². The molecule has 1 aromatic carbocycles. The maximum atomic E-state index is 13.9. The predicted molar refractivity (Wildman–Crippen MR) is 77.0 cm³/mol. The van der Waals surface area contributed by atoms with E-state index in [4.69, 9.17) is 10.5 Å². The summed E-state index contributed by atoms with van der Waals surface area (Å²) >= 11 is 0. The lowest BCUT2D eigenvalue weighted by molar-refractivity contribution is 0.273. The monoisotopic (exact) mass is 292 g/mol. The zero-order chi connectivity index (χ0) is 15.4. The Morgan fingerprint density at radius 1 is 1.14 bits per heavy atom. The van der Waals surface area contributed by atoms with Gasteiger partial charge < -0.3 is 10.5 Å². The highest BCUT2D eigenvalue weighted by molar-refractivity contribution is 5.32. The topological polar surface area (TPSA) is 48.1 Å². The maximum Gasteiger partial charge on any atom is 0.191 e. The minimum atomic E-state index is -0.716. The summed E-state index contributed by atoms with van der Waals surface area (Å²) in [5.74, 6) is -1.80. The first-order valence-electron chi connectivity index (χ1n) is 6.72. The van der Waals surface area contributed by atoms with Crippen molar-refractivity contribution in [2.45, 2.75) is 32.9 Å². The van der Waals surface area contributed by atoms with E-state index in [1.54, 1.807) is 19.3 Å². The van der Waals surface area contributed by atoms with E-state index in [-0.39, 0.29) is 18.4 Å². The second kappa shape index (κ2) is 6.63. The molecule has 1 heterocycles. The van der Waals surface area contributed by atoms with Gasteiger partial charge in [0.1, 0.15) is 6.61 Å². The molecule has 5 heteroatoms. The van der Waals surface area contributed by atoms with Gasteiger partial charge in [-0.15, -0.1) is 0 Å². The summed E-state index contributed by atoms with van der Waals surface area (Å²) in [5, 5.41) is 0. The summed E-state index contributed by atoms with van der Waals surface area (Å²) < 4.78 is 33.1. The van der Waals surface area contributed by atoms with Gasteiger partial charge in [-0.05, 0) is 49.6 Å². The van der Waals surface area contributed by atoms with Crippen molar-refractivity contribution in [2.24, 2.45) is 5.73 Å². The molecule has 0 aliphatic heterocycles. The van der Waals surface area contributed by atoms with Gasteiger partial charge >= 0.3 is 0 Å². The largest absolute Gasteiger partial charge is 0.483 e. The van der Waals surface area contributed by atoms with E-state index in [2.05, 4.69) is 4.98 Å². The Kier molecular flexibility index (Phi) is 4.85. The first-order valence-corrected chi connectivity index (χ1v) is 6.72. The molecular formula is C16H18F2N2O. The molecule has 0 bridgehead atoms. The van der Waals surface area contributed by atoms with Crippen LogP contribution in [0.1, 0.15) is 23.6 Å². The smallest absolute Gasteiger partial charge is 0.191 e. The van der Waals surface area contributed by atoms with Crippen molar-refractivity contribution in [2.75, 3.05) is 0 Å². The van der Waals surface area contributed by atoms with Gasteiger partial charge in [0.05, 0.1) is 0 Å². The number of pyridine rings is 1. The second-order valence-corrected chi connectivity index (χ2v) is 5.23. The Morgan fingerprint density at radius 2 is 1.81 bits per heavy atom. The quantitative estimate of drug-likeness (QED) is 0.921. The number of rotatable bonds is 5. The van der Waals surface area contributed by atoms with Gasteiger partial charge in [-0.1, -0.05) is 0 Å². The van der Waals surface area contributed by atoms with E-state index in [0.29, 0.717) is 12.0 Å². The summed E-state index contributed by atoms with van der Waals surface area (Å²) in [6.07, 6.45) is 3.72. The number of benzene rings is 1. The van der Waals surface area contributed by atoms with Crippen molar-refractivity contribution in [1.29, 1.82) is 0 Å². The minimum Gasteiger partial charge on any atom is -0.483 e. The van der Waals surface area contributed by atoms with Crippen LogP contribution in [0.5, 0.6) is 5.75 Å². The Balaban J connectivity index is 2.13. The van der Waals surface area contributed by atoms with E-state index >= 15 is 0 Å². The lowest BCUT2D eigenvalue weighted by atomic mass is 10.1. The van der Waals surface area contributed by atoms with Crippen molar-refractivity contribution in [3.63, 3.8) is 0 Å². The van der Waals surface area contributed by atoms with Crippen molar-refractivity contribution >= 4 is 0 Å². The molecule has 1 aromatic heterocycles. The van der Waals surface area contributed by atoms with Gasteiger partial charge in [0, 0.05) is 24.0 Å². The SMILES string of the molecule is Cc1cncc(COc2c(F)cc(CC(C)N)cc2F)c1. The molecule has 0 amide bonds.